The van der Waals surface area contributed by atoms with Crippen molar-refractivity contribution < 1.29 is 9.90 Å². The highest BCUT2D eigenvalue weighted by Gasteiger charge is 2.22. The number of aromatic hydroxyl groups is 1. The van der Waals surface area contributed by atoms with Crippen molar-refractivity contribution in [2.75, 3.05) is 19.6 Å². The normalized spacial score (nSPS) is 17.1. The van der Waals surface area contributed by atoms with Crippen molar-refractivity contribution >= 4 is 5.91 Å². The Balaban J connectivity index is 1.95. The van der Waals surface area contributed by atoms with Crippen LogP contribution in [0.15, 0.2) is 24.3 Å². The summed E-state index contributed by atoms with van der Waals surface area (Å²) in [7, 11) is 0. The monoisotopic (exact) mass is 234 g/mol. The van der Waals surface area contributed by atoms with E-state index >= 15 is 0 Å². The van der Waals surface area contributed by atoms with E-state index in [1.165, 1.54) is 5.56 Å². The van der Waals surface area contributed by atoms with Crippen LogP contribution >= 0.6 is 0 Å². The highest BCUT2D eigenvalue weighted by atomic mass is 16.3. The van der Waals surface area contributed by atoms with Crippen LogP contribution in [-0.2, 0) is 4.79 Å². The van der Waals surface area contributed by atoms with Gasteiger partial charge in [-0.1, -0.05) is 12.1 Å². The second kappa shape index (κ2) is 5.19. The van der Waals surface area contributed by atoms with Gasteiger partial charge in [0.25, 0.3) is 0 Å². The first-order valence-corrected chi connectivity index (χ1v) is 5.97. The number of carbonyl (C=O) groups is 1. The lowest BCUT2D eigenvalue weighted by Crippen LogP contribution is -2.41. The lowest BCUT2D eigenvalue weighted by atomic mass is 9.89. The maximum atomic E-state index is 11.4. The molecule has 0 unspecified atom stereocenters. The Labute approximate surface area is 101 Å². The van der Waals surface area contributed by atoms with Gasteiger partial charge >= 0.3 is 0 Å². The van der Waals surface area contributed by atoms with Crippen molar-refractivity contribution in [3.05, 3.63) is 29.8 Å². The van der Waals surface area contributed by atoms with E-state index in [4.69, 9.17) is 5.73 Å². The predicted octanol–water partition coefficient (Wildman–Crippen LogP) is 1.06. The van der Waals surface area contributed by atoms with E-state index in [-0.39, 0.29) is 12.5 Å². The third-order valence-corrected chi connectivity index (χ3v) is 3.39. The maximum Gasteiger partial charge on any atom is 0.236 e. The van der Waals surface area contributed by atoms with Gasteiger partial charge in [0.2, 0.25) is 5.91 Å². The summed E-state index contributed by atoms with van der Waals surface area (Å²) in [6.07, 6.45) is 1.94. The van der Waals surface area contributed by atoms with Gasteiger partial charge in [0.05, 0.1) is 6.54 Å². The fourth-order valence-electron chi connectivity index (χ4n) is 2.34. The molecule has 0 radical (unpaired) electrons. The molecule has 1 heterocycles. The van der Waals surface area contributed by atoms with Crippen LogP contribution in [0.25, 0.3) is 0 Å². The summed E-state index contributed by atoms with van der Waals surface area (Å²) in [4.78, 5) is 13.3. The number of carbonyl (C=O) groups excluding carboxylic acids is 1. The Morgan fingerprint density at radius 3 is 2.41 bits per heavy atom. The van der Waals surface area contributed by atoms with E-state index < -0.39 is 0 Å². The van der Waals surface area contributed by atoms with E-state index in [9.17, 15) is 9.90 Å². The molecule has 4 heteroatoms. The molecular weight excluding hydrogens is 216 g/mol. The first-order valence-electron chi connectivity index (χ1n) is 5.97. The summed E-state index contributed by atoms with van der Waals surface area (Å²) >= 11 is 0. The SMILES string of the molecule is NCC(=O)N1CCC(c2ccc(O)cc2)CC1. The van der Waals surface area contributed by atoms with Crippen LogP contribution < -0.4 is 5.73 Å². The van der Waals surface area contributed by atoms with Crippen LogP contribution in [0.3, 0.4) is 0 Å². The van der Waals surface area contributed by atoms with Gasteiger partial charge in [0, 0.05) is 13.1 Å². The number of hydrogen-bond acceptors (Lipinski definition) is 3. The molecule has 1 aromatic carbocycles. The first-order chi connectivity index (χ1) is 8.20. The summed E-state index contributed by atoms with van der Waals surface area (Å²) in [5, 5.41) is 9.24. The Kier molecular flexibility index (Phi) is 3.64. The van der Waals surface area contributed by atoms with Crippen molar-refractivity contribution in [1.82, 2.24) is 4.90 Å². The molecule has 1 saturated heterocycles. The number of phenols is 1. The number of amides is 1. The molecule has 1 aliphatic heterocycles. The van der Waals surface area contributed by atoms with Crippen LogP contribution in [-0.4, -0.2) is 35.5 Å². The third-order valence-electron chi connectivity index (χ3n) is 3.39. The average molecular weight is 234 g/mol. The van der Waals surface area contributed by atoms with Gasteiger partial charge in [-0.05, 0) is 36.5 Å². The molecule has 1 aromatic rings. The van der Waals surface area contributed by atoms with Gasteiger partial charge in [-0.3, -0.25) is 4.79 Å². The molecular formula is C13H18N2O2. The molecule has 1 amide bonds. The minimum absolute atomic E-state index is 0.0363. The van der Waals surface area contributed by atoms with Crippen molar-refractivity contribution in [2.24, 2.45) is 5.73 Å². The summed E-state index contributed by atoms with van der Waals surface area (Å²) < 4.78 is 0. The van der Waals surface area contributed by atoms with Gasteiger partial charge in [-0.2, -0.15) is 0 Å². The molecule has 0 aromatic heterocycles. The predicted molar refractivity (Wildman–Crippen MR) is 65.7 cm³/mol. The van der Waals surface area contributed by atoms with E-state index in [0.717, 1.165) is 25.9 Å². The van der Waals surface area contributed by atoms with Gasteiger partial charge in [-0.25, -0.2) is 0 Å². The largest absolute Gasteiger partial charge is 0.508 e. The Morgan fingerprint density at radius 1 is 1.29 bits per heavy atom. The van der Waals surface area contributed by atoms with Crippen molar-refractivity contribution in [1.29, 1.82) is 0 Å². The molecule has 3 N–H and O–H groups in total. The Bertz CT molecular complexity index is 381. The van der Waals surface area contributed by atoms with Gasteiger partial charge < -0.3 is 15.7 Å². The second-order valence-electron chi connectivity index (χ2n) is 4.45. The zero-order valence-corrected chi connectivity index (χ0v) is 9.80. The Morgan fingerprint density at radius 2 is 1.88 bits per heavy atom. The molecule has 4 nitrogen and oxygen atoms in total. The first kappa shape index (κ1) is 11.9. The quantitative estimate of drug-likeness (QED) is 0.804. The number of benzene rings is 1. The van der Waals surface area contributed by atoms with Crippen molar-refractivity contribution in [3.63, 3.8) is 0 Å². The second-order valence-corrected chi connectivity index (χ2v) is 4.45. The van der Waals surface area contributed by atoms with Crippen LogP contribution in [0.2, 0.25) is 0 Å². The molecule has 1 fully saturated rings. The number of hydrogen-bond donors (Lipinski definition) is 2. The number of likely N-dealkylation sites (tertiary alicyclic amines) is 1. The summed E-state index contributed by atoms with van der Waals surface area (Å²) in [5.74, 6) is 0.816. The fraction of sp³-hybridized carbons (Fsp3) is 0.462. The minimum atomic E-state index is 0.0363. The smallest absolute Gasteiger partial charge is 0.236 e. The van der Waals surface area contributed by atoms with Crippen LogP contribution in [0.4, 0.5) is 0 Å². The maximum absolute atomic E-state index is 11.4. The third kappa shape index (κ3) is 2.77. The van der Waals surface area contributed by atoms with Crippen molar-refractivity contribution in [3.8, 4) is 5.75 Å². The van der Waals surface area contributed by atoms with Crippen LogP contribution in [0, 0.1) is 0 Å². The lowest BCUT2D eigenvalue weighted by Gasteiger charge is -2.32. The number of piperidine rings is 1. The number of rotatable bonds is 2. The molecule has 0 aliphatic carbocycles. The zero-order chi connectivity index (χ0) is 12.3. The summed E-state index contributed by atoms with van der Waals surface area (Å²) in [5.41, 5.74) is 6.58. The molecule has 17 heavy (non-hydrogen) atoms. The van der Waals surface area contributed by atoms with E-state index in [0.29, 0.717) is 11.7 Å². The van der Waals surface area contributed by atoms with Gasteiger partial charge in [0.1, 0.15) is 5.75 Å². The number of nitrogens with zero attached hydrogens (tertiary/aromatic N) is 1. The number of nitrogens with two attached hydrogens (primary N) is 1. The van der Waals surface area contributed by atoms with E-state index in [1.54, 1.807) is 12.1 Å². The minimum Gasteiger partial charge on any atom is -0.508 e. The molecule has 1 aliphatic rings. The molecule has 0 bridgehead atoms. The van der Waals surface area contributed by atoms with E-state index in [2.05, 4.69) is 0 Å². The standard InChI is InChI=1S/C13H18N2O2/c14-9-13(17)15-7-5-11(6-8-15)10-1-3-12(16)4-2-10/h1-4,11,16H,5-9,14H2. The fourth-order valence-corrected chi connectivity index (χ4v) is 2.34. The van der Waals surface area contributed by atoms with E-state index in [1.807, 2.05) is 17.0 Å². The molecule has 0 atom stereocenters. The lowest BCUT2D eigenvalue weighted by molar-refractivity contribution is -0.130. The van der Waals surface area contributed by atoms with Crippen molar-refractivity contribution in [2.45, 2.75) is 18.8 Å². The average Bonchev–Trinajstić information content (AvgIpc) is 2.39. The Hall–Kier alpha value is -1.55. The van der Waals surface area contributed by atoms with Gasteiger partial charge in [0.15, 0.2) is 0 Å². The molecule has 92 valence electrons. The van der Waals surface area contributed by atoms with Crippen LogP contribution in [0.5, 0.6) is 5.75 Å². The molecule has 0 saturated carbocycles. The molecule has 2 rings (SSSR count). The van der Waals surface area contributed by atoms with Gasteiger partial charge in [-0.15, -0.1) is 0 Å². The highest BCUT2D eigenvalue weighted by molar-refractivity contribution is 5.78. The number of phenolic OH excluding ortho intramolecular Hbond substituents is 1. The highest BCUT2D eigenvalue weighted by Crippen LogP contribution is 2.28. The van der Waals surface area contributed by atoms with Crippen LogP contribution in [0.1, 0.15) is 24.3 Å². The zero-order valence-electron chi connectivity index (χ0n) is 9.80. The summed E-state index contributed by atoms with van der Waals surface area (Å²) in [6, 6.07) is 7.35. The topological polar surface area (TPSA) is 66.6 Å². The molecule has 0 spiro atoms. The summed E-state index contributed by atoms with van der Waals surface area (Å²) in [6.45, 7) is 1.66.